The fourth-order valence-corrected chi connectivity index (χ4v) is 0. The van der Waals surface area contributed by atoms with Crippen LogP contribution in [0.1, 0.15) is 92.5 Å². The maximum Gasteiger partial charge on any atom is -0.0683 e. The molecule has 0 aromatic heterocycles. The number of rotatable bonds is 0. The summed E-state index contributed by atoms with van der Waals surface area (Å²) in [6, 6.07) is 0. The fraction of sp³-hybridized carbons (Fsp3) is 1.00. The summed E-state index contributed by atoms with van der Waals surface area (Å²) >= 11 is 0. The molecule has 96 valence electrons. The van der Waals surface area contributed by atoms with Crippen molar-refractivity contribution in [2.24, 2.45) is 0 Å². The normalized spacial score (nSPS) is 1.85. The molecule has 0 bridgehead atoms. The molecular weight excluding hydrogens is 156 g/mol. The van der Waals surface area contributed by atoms with Crippen LogP contribution in [0, 0.1) is 0 Å². The minimum absolute atomic E-state index is 0. The maximum atomic E-state index is 2.00. The second-order valence-corrected chi connectivity index (χ2v) is 0. The molecule has 13 heavy (non-hydrogen) atoms. The molecular formula is C13H44. The van der Waals surface area contributed by atoms with Crippen molar-refractivity contribution in [1.29, 1.82) is 0 Å². The molecule has 0 nitrogen and oxygen atoms in total. The first kappa shape index (κ1) is 117. The predicted octanol–water partition coefficient (Wildman–Crippen LogP) is 7.29. The van der Waals surface area contributed by atoms with E-state index in [4.69, 9.17) is 0 Å². The van der Waals surface area contributed by atoms with Gasteiger partial charge >= 0.3 is 0 Å². The van der Waals surface area contributed by atoms with Gasteiger partial charge < -0.3 is 0 Å². The van der Waals surface area contributed by atoms with E-state index in [-0.39, 0.29) is 37.1 Å². The minimum atomic E-state index is 0. The van der Waals surface area contributed by atoms with E-state index >= 15 is 0 Å². The van der Waals surface area contributed by atoms with Gasteiger partial charge in [-0.15, -0.1) is 0 Å². The van der Waals surface area contributed by atoms with Crippen molar-refractivity contribution in [3.63, 3.8) is 0 Å². The Kier molecular flexibility index (Phi) is 0. The van der Waals surface area contributed by atoms with E-state index in [1.54, 1.807) is 0 Å². The van der Waals surface area contributed by atoms with Gasteiger partial charge in [-0.1, -0.05) is 92.5 Å². The van der Waals surface area contributed by atoms with Crippen molar-refractivity contribution >= 4 is 0 Å². The molecule has 0 atom stereocenters. The zero-order valence-corrected chi connectivity index (χ0v) is 8.00. The van der Waals surface area contributed by atoms with Gasteiger partial charge in [0.2, 0.25) is 0 Å². The van der Waals surface area contributed by atoms with Crippen LogP contribution in [-0.2, 0) is 0 Å². The lowest BCUT2D eigenvalue weighted by atomic mass is 11.0. The van der Waals surface area contributed by atoms with E-state index in [1.807, 2.05) is 55.4 Å². The van der Waals surface area contributed by atoms with Crippen LogP contribution in [0.2, 0.25) is 0 Å². The van der Waals surface area contributed by atoms with Crippen molar-refractivity contribution in [2.45, 2.75) is 92.5 Å². The molecule has 0 aliphatic heterocycles. The minimum Gasteiger partial charge on any atom is -0.0776 e. The molecule has 0 fully saturated rings. The summed E-state index contributed by atoms with van der Waals surface area (Å²) in [5.74, 6) is 0. The molecule has 0 aliphatic carbocycles. The van der Waals surface area contributed by atoms with Crippen molar-refractivity contribution in [3.8, 4) is 0 Å². The van der Waals surface area contributed by atoms with Gasteiger partial charge in [0.15, 0.2) is 0 Å². The monoisotopic (exact) mass is 200 g/mol. The van der Waals surface area contributed by atoms with Crippen molar-refractivity contribution in [3.05, 3.63) is 0 Å². The highest BCUT2D eigenvalue weighted by atomic mass is 13.0. The summed E-state index contributed by atoms with van der Waals surface area (Å²) in [6.45, 7) is 16.0. The molecule has 0 radical (unpaired) electrons. The summed E-state index contributed by atoms with van der Waals surface area (Å²) in [5.41, 5.74) is 0. The van der Waals surface area contributed by atoms with Crippen LogP contribution in [0.4, 0.5) is 0 Å². The van der Waals surface area contributed by atoms with Gasteiger partial charge in [0.25, 0.3) is 0 Å². The van der Waals surface area contributed by atoms with Gasteiger partial charge in [0, 0.05) is 0 Å². The van der Waals surface area contributed by atoms with E-state index in [0.717, 1.165) is 0 Å². The summed E-state index contributed by atoms with van der Waals surface area (Å²) in [6.07, 6.45) is 0. The van der Waals surface area contributed by atoms with Crippen LogP contribution < -0.4 is 0 Å². The third-order valence-corrected chi connectivity index (χ3v) is 0. The second-order valence-electron chi connectivity index (χ2n) is 0. The lowest BCUT2D eigenvalue weighted by Gasteiger charge is -1.07. The van der Waals surface area contributed by atoms with Crippen LogP contribution in [-0.4, -0.2) is 0 Å². The molecule has 0 aromatic rings. The van der Waals surface area contributed by atoms with Crippen LogP contribution in [0.5, 0.6) is 0 Å². The van der Waals surface area contributed by atoms with E-state index < -0.39 is 0 Å². The summed E-state index contributed by atoms with van der Waals surface area (Å²) < 4.78 is 0. The number of hydrogen-bond acceptors (Lipinski definition) is 0. The highest BCUT2D eigenvalue weighted by molar-refractivity contribution is 3.51. The quantitative estimate of drug-likeness (QED) is 0.385. The Balaban J connectivity index is -0.00000000208. The summed E-state index contributed by atoms with van der Waals surface area (Å²) in [4.78, 5) is 0. The smallest absolute Gasteiger partial charge is 0.0683 e. The first-order valence-corrected chi connectivity index (χ1v) is 4.00. The molecule has 0 aromatic carbocycles. The van der Waals surface area contributed by atoms with Crippen LogP contribution in [0.25, 0.3) is 0 Å². The summed E-state index contributed by atoms with van der Waals surface area (Å²) in [7, 11) is 0. The number of hydrogen-bond donors (Lipinski definition) is 0. The van der Waals surface area contributed by atoms with Gasteiger partial charge in [-0.25, -0.2) is 0 Å². The highest BCUT2D eigenvalue weighted by Gasteiger charge is 0.938. The Morgan fingerprint density at radius 1 is 0.231 bits per heavy atom. The highest BCUT2D eigenvalue weighted by Crippen LogP contribution is 1.15. The maximum absolute atomic E-state index is 2.00. The molecule has 0 N–H and O–H groups in total. The van der Waals surface area contributed by atoms with Crippen molar-refractivity contribution < 1.29 is 0 Å². The Bertz CT molecular complexity index is 0. The molecule has 0 saturated carbocycles. The molecule has 0 heteroatoms. The van der Waals surface area contributed by atoms with Crippen LogP contribution in [0.15, 0.2) is 0 Å². The lowest BCUT2D eigenvalue weighted by Crippen LogP contribution is -0.856. The Hall–Kier alpha value is 0. The van der Waals surface area contributed by atoms with Crippen LogP contribution in [0.3, 0.4) is 0 Å². The first-order chi connectivity index (χ1) is 4.00. The molecule has 0 saturated heterocycles. The Labute approximate surface area is 93.2 Å². The van der Waals surface area contributed by atoms with Gasteiger partial charge in [-0.3, -0.25) is 0 Å². The van der Waals surface area contributed by atoms with Crippen LogP contribution >= 0.6 is 0 Å². The summed E-state index contributed by atoms with van der Waals surface area (Å²) in [5, 5.41) is 0. The fourth-order valence-electron chi connectivity index (χ4n) is 0. The Morgan fingerprint density at radius 2 is 0.231 bits per heavy atom. The van der Waals surface area contributed by atoms with E-state index in [0.29, 0.717) is 0 Å². The zero-order valence-electron chi connectivity index (χ0n) is 8.00. The van der Waals surface area contributed by atoms with E-state index in [1.165, 1.54) is 0 Å². The first-order valence-electron chi connectivity index (χ1n) is 4.00. The largest absolute Gasteiger partial charge is 0.0776 e. The van der Waals surface area contributed by atoms with Gasteiger partial charge in [-0.05, 0) is 0 Å². The lowest BCUT2D eigenvalue weighted by molar-refractivity contribution is 1.50. The van der Waals surface area contributed by atoms with E-state index in [2.05, 4.69) is 0 Å². The molecule has 0 heterocycles. The second kappa shape index (κ2) is 0. The third kappa shape index (κ3) is 0. The molecule has 0 amide bonds. The molecule has 0 aliphatic rings. The molecule has 0 unspecified atom stereocenters. The van der Waals surface area contributed by atoms with E-state index in [9.17, 15) is 0 Å². The van der Waals surface area contributed by atoms with Gasteiger partial charge in [0.1, 0.15) is 0 Å². The predicted molar refractivity (Wildman–Crippen MR) is 79.0 cm³/mol. The molecule has 0 spiro atoms. The Morgan fingerprint density at radius 3 is 0.231 bits per heavy atom. The van der Waals surface area contributed by atoms with Gasteiger partial charge in [0.05, 0.1) is 0 Å². The zero-order chi connectivity index (χ0) is 8.00. The topological polar surface area (TPSA) is 0 Å². The SMILES string of the molecule is C.C.C.C.C.CC.CC.CC.CC. The van der Waals surface area contributed by atoms with Crippen molar-refractivity contribution in [1.82, 2.24) is 0 Å². The average Bonchev–Trinajstić information content (AvgIpc) is 2.03. The molecule has 0 rings (SSSR count). The van der Waals surface area contributed by atoms with Gasteiger partial charge in [-0.2, -0.15) is 0 Å². The van der Waals surface area contributed by atoms with Crippen molar-refractivity contribution in [2.75, 3.05) is 0 Å². The average molecular weight is 200 g/mol. The standard InChI is InChI=1S/4C2H6.5CH4/c4*1-2;;;;;/h4*1-2H3;5*1H4. The third-order valence-electron chi connectivity index (χ3n) is 0.